The van der Waals surface area contributed by atoms with Crippen molar-refractivity contribution in [2.75, 3.05) is 39.1 Å². The number of hydrogen-bond acceptors (Lipinski definition) is 4. The van der Waals surface area contributed by atoms with Gasteiger partial charge in [0.1, 0.15) is 5.82 Å². The van der Waals surface area contributed by atoms with Crippen molar-refractivity contribution < 1.29 is 0 Å². The number of rotatable bonds is 6. The van der Waals surface area contributed by atoms with Crippen molar-refractivity contribution in [3.05, 3.63) is 71.3 Å². The molecule has 0 spiro atoms. The van der Waals surface area contributed by atoms with Crippen LogP contribution in [0.2, 0.25) is 0 Å². The quantitative estimate of drug-likeness (QED) is 0.258. The summed E-state index contributed by atoms with van der Waals surface area (Å²) in [5.74, 6) is 1.83. The Balaban J connectivity index is 0.00000324. The maximum atomic E-state index is 4.77. The molecule has 1 fully saturated rings. The second-order valence-electron chi connectivity index (χ2n) is 9.10. The van der Waals surface area contributed by atoms with Crippen LogP contribution in [0.1, 0.15) is 29.5 Å². The third-order valence-electron chi connectivity index (χ3n) is 6.50. The molecule has 2 N–H and O–H groups in total. The number of nitrogens with one attached hydrogen (secondary N) is 2. The molecule has 3 aromatic rings. The Kier molecular flexibility index (Phi) is 9.53. The van der Waals surface area contributed by atoms with Crippen molar-refractivity contribution in [1.29, 1.82) is 0 Å². The highest BCUT2D eigenvalue weighted by Crippen LogP contribution is 2.22. The maximum Gasteiger partial charge on any atom is 0.191 e. The van der Waals surface area contributed by atoms with E-state index in [1.165, 1.54) is 22.1 Å². The van der Waals surface area contributed by atoms with E-state index in [0.29, 0.717) is 12.6 Å². The first kappa shape index (κ1) is 26.2. The second-order valence-corrected chi connectivity index (χ2v) is 9.10. The van der Waals surface area contributed by atoms with Crippen molar-refractivity contribution in [1.82, 2.24) is 20.5 Å². The smallest absolute Gasteiger partial charge is 0.191 e. The molecule has 0 radical (unpaired) electrons. The van der Waals surface area contributed by atoms with Crippen molar-refractivity contribution in [2.24, 2.45) is 4.99 Å². The molecular formula is C27H37IN6. The van der Waals surface area contributed by atoms with E-state index in [1.807, 2.05) is 32.1 Å². The SMILES string of the molecule is CN=C(NCc1cc(N(C)C)nc2ccccc12)NC1CCN(Cc2ccccc2C)CC1.I. The van der Waals surface area contributed by atoms with Crippen LogP contribution in [0.5, 0.6) is 0 Å². The van der Waals surface area contributed by atoms with Crippen LogP contribution < -0.4 is 15.5 Å². The summed E-state index contributed by atoms with van der Waals surface area (Å²) >= 11 is 0. The minimum Gasteiger partial charge on any atom is -0.363 e. The van der Waals surface area contributed by atoms with Gasteiger partial charge in [0.25, 0.3) is 0 Å². The molecule has 2 heterocycles. The highest BCUT2D eigenvalue weighted by Gasteiger charge is 2.20. The normalized spacial score (nSPS) is 15.1. The number of aromatic nitrogens is 1. The number of piperidine rings is 1. The molecule has 0 bridgehead atoms. The molecule has 2 aromatic carbocycles. The van der Waals surface area contributed by atoms with Gasteiger partial charge >= 0.3 is 0 Å². The Hall–Kier alpha value is -2.39. The van der Waals surface area contributed by atoms with Crippen LogP contribution >= 0.6 is 24.0 Å². The number of likely N-dealkylation sites (tertiary alicyclic amines) is 1. The number of halogens is 1. The van der Waals surface area contributed by atoms with Crippen molar-refractivity contribution in [3.63, 3.8) is 0 Å². The number of aliphatic imine (C=N–C) groups is 1. The third kappa shape index (κ3) is 6.60. The Morgan fingerprint density at radius 3 is 2.47 bits per heavy atom. The molecule has 182 valence electrons. The number of guanidine groups is 1. The van der Waals surface area contributed by atoms with E-state index in [9.17, 15) is 0 Å². The third-order valence-corrected chi connectivity index (χ3v) is 6.50. The second kappa shape index (κ2) is 12.4. The highest BCUT2D eigenvalue weighted by molar-refractivity contribution is 14.0. The van der Waals surface area contributed by atoms with Crippen LogP contribution in [0.4, 0.5) is 5.82 Å². The molecule has 4 rings (SSSR count). The monoisotopic (exact) mass is 572 g/mol. The van der Waals surface area contributed by atoms with Crippen LogP contribution in [0.3, 0.4) is 0 Å². The summed E-state index contributed by atoms with van der Waals surface area (Å²) in [6.07, 6.45) is 2.24. The van der Waals surface area contributed by atoms with Crippen LogP contribution in [-0.4, -0.2) is 56.1 Å². The first-order chi connectivity index (χ1) is 16.0. The minimum atomic E-state index is 0. The fourth-order valence-electron chi connectivity index (χ4n) is 4.44. The van der Waals surface area contributed by atoms with Gasteiger partial charge in [-0.15, -0.1) is 24.0 Å². The van der Waals surface area contributed by atoms with E-state index in [1.54, 1.807) is 0 Å². The Bertz CT molecular complexity index is 1110. The lowest BCUT2D eigenvalue weighted by Crippen LogP contribution is -2.48. The molecule has 0 aliphatic carbocycles. The fourth-order valence-corrected chi connectivity index (χ4v) is 4.44. The Morgan fingerprint density at radius 1 is 1.06 bits per heavy atom. The van der Waals surface area contributed by atoms with E-state index in [0.717, 1.165) is 49.8 Å². The molecular weight excluding hydrogens is 535 g/mol. The standard InChI is InChI=1S/C27H36N6.HI/c1-20-9-5-6-10-21(20)19-33-15-13-23(14-16-33)30-27(28-2)29-18-22-17-26(32(3)4)31-25-12-8-7-11-24(22)25;/h5-12,17,23H,13-16,18-19H2,1-4H3,(H2,28,29,30);1H. The predicted octanol–water partition coefficient (Wildman–Crippen LogP) is 4.56. The van der Waals surface area contributed by atoms with Gasteiger partial charge in [-0.2, -0.15) is 0 Å². The van der Waals surface area contributed by atoms with Gasteiger partial charge in [0.2, 0.25) is 0 Å². The molecule has 0 unspecified atom stereocenters. The summed E-state index contributed by atoms with van der Waals surface area (Å²) in [7, 11) is 5.90. The van der Waals surface area contributed by atoms with Gasteiger partial charge in [-0.25, -0.2) is 4.98 Å². The van der Waals surface area contributed by atoms with Crippen LogP contribution in [-0.2, 0) is 13.1 Å². The average Bonchev–Trinajstić information content (AvgIpc) is 2.83. The summed E-state index contributed by atoms with van der Waals surface area (Å²) in [6, 6.07) is 19.6. The van der Waals surface area contributed by atoms with E-state index in [4.69, 9.17) is 4.98 Å². The van der Waals surface area contributed by atoms with E-state index in [-0.39, 0.29) is 24.0 Å². The summed E-state index contributed by atoms with van der Waals surface area (Å²) in [6.45, 7) is 6.15. The van der Waals surface area contributed by atoms with Gasteiger partial charge in [-0.05, 0) is 48.6 Å². The van der Waals surface area contributed by atoms with Crippen LogP contribution in [0.15, 0.2) is 59.6 Å². The molecule has 1 aliphatic heterocycles. The van der Waals surface area contributed by atoms with E-state index < -0.39 is 0 Å². The number of aryl methyl sites for hydroxylation is 1. The van der Waals surface area contributed by atoms with Gasteiger partial charge in [0.05, 0.1) is 5.52 Å². The first-order valence-corrected chi connectivity index (χ1v) is 11.8. The van der Waals surface area contributed by atoms with Crippen LogP contribution in [0.25, 0.3) is 10.9 Å². The van der Waals surface area contributed by atoms with E-state index >= 15 is 0 Å². The van der Waals surface area contributed by atoms with Gasteiger partial charge in [0.15, 0.2) is 5.96 Å². The largest absolute Gasteiger partial charge is 0.363 e. The minimum absolute atomic E-state index is 0. The topological polar surface area (TPSA) is 55.8 Å². The van der Waals surface area contributed by atoms with Crippen molar-refractivity contribution in [3.8, 4) is 0 Å². The molecule has 0 amide bonds. The lowest BCUT2D eigenvalue weighted by atomic mass is 10.0. The fraction of sp³-hybridized carbons (Fsp3) is 0.407. The van der Waals surface area contributed by atoms with Crippen molar-refractivity contribution in [2.45, 2.75) is 38.9 Å². The maximum absolute atomic E-state index is 4.77. The molecule has 0 atom stereocenters. The number of nitrogens with zero attached hydrogens (tertiary/aromatic N) is 4. The van der Waals surface area contributed by atoms with Gasteiger partial charge in [-0.3, -0.25) is 9.89 Å². The zero-order valence-corrected chi connectivity index (χ0v) is 23.0. The molecule has 1 saturated heterocycles. The number of anilines is 1. The molecule has 34 heavy (non-hydrogen) atoms. The average molecular weight is 573 g/mol. The number of pyridine rings is 1. The van der Waals surface area contributed by atoms with Gasteiger partial charge in [0, 0.05) is 58.8 Å². The predicted molar refractivity (Wildman–Crippen MR) is 154 cm³/mol. The lowest BCUT2D eigenvalue weighted by Gasteiger charge is -2.33. The van der Waals surface area contributed by atoms with Gasteiger partial charge in [-0.1, -0.05) is 42.5 Å². The number of para-hydroxylation sites is 1. The molecule has 0 saturated carbocycles. The zero-order chi connectivity index (χ0) is 23.2. The summed E-state index contributed by atoms with van der Waals surface area (Å²) in [5.41, 5.74) is 5.05. The number of benzene rings is 2. The first-order valence-electron chi connectivity index (χ1n) is 11.8. The highest BCUT2D eigenvalue weighted by atomic mass is 127. The summed E-state index contributed by atoms with van der Waals surface area (Å²) in [5, 5.41) is 8.35. The van der Waals surface area contributed by atoms with Crippen molar-refractivity contribution >= 4 is 46.7 Å². The number of hydrogen-bond donors (Lipinski definition) is 2. The Labute approximate surface area is 220 Å². The molecule has 1 aliphatic rings. The Morgan fingerprint density at radius 2 is 1.76 bits per heavy atom. The lowest BCUT2D eigenvalue weighted by molar-refractivity contribution is 0.198. The van der Waals surface area contributed by atoms with Gasteiger partial charge < -0.3 is 15.5 Å². The summed E-state index contributed by atoms with van der Waals surface area (Å²) in [4.78, 5) is 13.9. The molecule has 7 heteroatoms. The molecule has 1 aromatic heterocycles. The summed E-state index contributed by atoms with van der Waals surface area (Å²) < 4.78 is 0. The zero-order valence-electron chi connectivity index (χ0n) is 20.7. The van der Waals surface area contributed by atoms with E-state index in [2.05, 4.69) is 76.0 Å². The molecule has 6 nitrogen and oxygen atoms in total. The number of fused-ring (bicyclic) bond motifs is 1. The van der Waals surface area contributed by atoms with Crippen LogP contribution in [0, 0.1) is 6.92 Å².